The zero-order chi connectivity index (χ0) is 21.1. The quantitative estimate of drug-likeness (QED) is 0.621. The number of esters is 1. The van der Waals surface area contributed by atoms with Gasteiger partial charge in [-0.3, -0.25) is 4.79 Å². The number of halogens is 1. The summed E-state index contributed by atoms with van der Waals surface area (Å²) in [5.74, 6) is -1.11. The van der Waals surface area contributed by atoms with Gasteiger partial charge in [-0.05, 0) is 51.0 Å². The van der Waals surface area contributed by atoms with Crippen LogP contribution in [0.1, 0.15) is 34.1 Å². The molecule has 7 heteroatoms. The van der Waals surface area contributed by atoms with Gasteiger partial charge >= 0.3 is 5.97 Å². The second-order valence-electron chi connectivity index (χ2n) is 6.80. The molecule has 3 rings (SSSR count). The van der Waals surface area contributed by atoms with E-state index in [9.17, 15) is 9.59 Å². The number of benzene rings is 2. The maximum absolute atomic E-state index is 12.7. The van der Waals surface area contributed by atoms with Crippen molar-refractivity contribution in [1.29, 1.82) is 0 Å². The van der Waals surface area contributed by atoms with E-state index in [1.54, 1.807) is 6.92 Å². The lowest BCUT2D eigenvalue weighted by atomic mass is 10.1. The predicted octanol–water partition coefficient (Wildman–Crippen LogP) is 4.63. The monoisotopic (exact) mass is 411 g/mol. The van der Waals surface area contributed by atoms with Crippen LogP contribution in [0.3, 0.4) is 0 Å². The molecule has 150 valence electrons. The first kappa shape index (κ1) is 20.6. The predicted molar refractivity (Wildman–Crippen MR) is 113 cm³/mol. The second kappa shape index (κ2) is 8.49. The number of rotatable bonds is 5. The first-order chi connectivity index (χ1) is 13.8. The lowest BCUT2D eigenvalue weighted by molar-refractivity contribution is -0.123. The number of para-hydroxylation sites is 2. The van der Waals surface area contributed by atoms with E-state index in [1.165, 1.54) is 11.6 Å². The topological polar surface area (TPSA) is 73.2 Å². The second-order valence-corrected chi connectivity index (χ2v) is 7.16. The number of hydrogen-bond acceptors (Lipinski definition) is 4. The summed E-state index contributed by atoms with van der Waals surface area (Å²) in [4.78, 5) is 25.2. The molecule has 1 heterocycles. The number of ether oxygens (including phenoxy) is 1. The summed E-state index contributed by atoms with van der Waals surface area (Å²) < 4.78 is 6.84. The van der Waals surface area contributed by atoms with Crippen molar-refractivity contribution in [3.63, 3.8) is 0 Å². The minimum atomic E-state index is -1.00. The molecular weight excluding hydrogens is 390 g/mol. The molecule has 6 nitrogen and oxygen atoms in total. The Labute approximate surface area is 174 Å². The smallest absolute Gasteiger partial charge is 0.344 e. The van der Waals surface area contributed by atoms with E-state index >= 15 is 0 Å². The summed E-state index contributed by atoms with van der Waals surface area (Å²) in [7, 11) is 0. The van der Waals surface area contributed by atoms with Crippen LogP contribution in [0.15, 0.2) is 48.5 Å². The molecule has 0 saturated heterocycles. The molecule has 0 fully saturated rings. The molecule has 0 spiro atoms. The lowest BCUT2D eigenvalue weighted by Crippen LogP contribution is -2.30. The van der Waals surface area contributed by atoms with Gasteiger partial charge in [-0.2, -0.15) is 5.10 Å². The number of carbonyl (C=O) groups is 2. The summed E-state index contributed by atoms with van der Waals surface area (Å²) in [5.41, 5.74) is 3.86. The van der Waals surface area contributed by atoms with Gasteiger partial charge in [0, 0.05) is 5.69 Å². The van der Waals surface area contributed by atoms with Crippen LogP contribution in [0.2, 0.25) is 5.15 Å². The van der Waals surface area contributed by atoms with Crippen LogP contribution in [-0.2, 0) is 9.53 Å². The highest BCUT2D eigenvalue weighted by molar-refractivity contribution is 6.33. The normalized spacial score (nSPS) is 11.8. The Morgan fingerprint density at radius 2 is 1.66 bits per heavy atom. The Morgan fingerprint density at radius 3 is 2.28 bits per heavy atom. The van der Waals surface area contributed by atoms with Crippen LogP contribution in [0, 0.1) is 20.8 Å². The molecule has 0 aliphatic rings. The Hall–Kier alpha value is -3.12. The van der Waals surface area contributed by atoms with Crippen molar-refractivity contribution < 1.29 is 14.3 Å². The van der Waals surface area contributed by atoms with Gasteiger partial charge in [-0.25, -0.2) is 9.48 Å². The molecule has 29 heavy (non-hydrogen) atoms. The Bertz CT molecular complexity index is 1040. The molecular formula is C22H22ClN3O3. The fourth-order valence-corrected chi connectivity index (χ4v) is 3.33. The van der Waals surface area contributed by atoms with Gasteiger partial charge in [0.25, 0.3) is 5.91 Å². The van der Waals surface area contributed by atoms with Crippen molar-refractivity contribution in [3.05, 3.63) is 76.1 Å². The fourth-order valence-electron chi connectivity index (χ4n) is 2.98. The molecule has 2 aromatic carbocycles. The zero-order valence-electron chi connectivity index (χ0n) is 16.7. The zero-order valence-corrected chi connectivity index (χ0v) is 17.4. The van der Waals surface area contributed by atoms with E-state index in [0.29, 0.717) is 11.4 Å². The Morgan fingerprint density at radius 1 is 1.03 bits per heavy atom. The molecule has 0 aliphatic carbocycles. The summed E-state index contributed by atoms with van der Waals surface area (Å²) in [6.07, 6.45) is -1.00. The van der Waals surface area contributed by atoms with Crippen LogP contribution in [0.25, 0.3) is 5.69 Å². The van der Waals surface area contributed by atoms with Crippen LogP contribution in [0.5, 0.6) is 0 Å². The number of carbonyl (C=O) groups excluding carboxylic acids is 2. The molecule has 0 saturated carbocycles. The number of anilines is 1. The van der Waals surface area contributed by atoms with Gasteiger partial charge < -0.3 is 10.1 Å². The van der Waals surface area contributed by atoms with Crippen LogP contribution in [-0.4, -0.2) is 27.8 Å². The van der Waals surface area contributed by atoms with Crippen LogP contribution < -0.4 is 5.32 Å². The molecule has 0 unspecified atom stereocenters. The van der Waals surface area contributed by atoms with Gasteiger partial charge in [0.1, 0.15) is 10.7 Å². The number of aryl methyl sites for hydroxylation is 3. The largest absolute Gasteiger partial charge is 0.449 e. The van der Waals surface area contributed by atoms with E-state index in [2.05, 4.69) is 10.4 Å². The van der Waals surface area contributed by atoms with Crippen LogP contribution in [0.4, 0.5) is 5.69 Å². The van der Waals surface area contributed by atoms with Gasteiger partial charge in [-0.1, -0.05) is 48.0 Å². The first-order valence-electron chi connectivity index (χ1n) is 9.18. The van der Waals surface area contributed by atoms with E-state index in [4.69, 9.17) is 16.3 Å². The van der Waals surface area contributed by atoms with Crippen molar-refractivity contribution in [3.8, 4) is 5.69 Å². The highest BCUT2D eigenvalue weighted by Gasteiger charge is 2.26. The molecule has 1 N–H and O–H groups in total. The van der Waals surface area contributed by atoms with Crippen molar-refractivity contribution in [1.82, 2.24) is 9.78 Å². The summed E-state index contributed by atoms with van der Waals surface area (Å²) in [6, 6.07) is 14.9. The summed E-state index contributed by atoms with van der Waals surface area (Å²) in [5, 5.41) is 7.29. The third kappa shape index (κ3) is 4.32. The molecule has 0 bridgehead atoms. The maximum atomic E-state index is 12.7. The van der Waals surface area contributed by atoms with Gasteiger partial charge in [-0.15, -0.1) is 0 Å². The Balaban J connectivity index is 1.76. The summed E-state index contributed by atoms with van der Waals surface area (Å²) >= 11 is 6.39. The van der Waals surface area contributed by atoms with Gasteiger partial charge in [0.05, 0.1) is 11.4 Å². The highest BCUT2D eigenvalue weighted by Crippen LogP contribution is 2.25. The van der Waals surface area contributed by atoms with E-state index in [0.717, 1.165) is 16.8 Å². The average molecular weight is 412 g/mol. The summed E-state index contributed by atoms with van der Waals surface area (Å²) in [6.45, 7) is 7.00. The molecule has 1 atom stereocenters. The lowest BCUT2D eigenvalue weighted by Gasteiger charge is -2.16. The van der Waals surface area contributed by atoms with E-state index in [-0.39, 0.29) is 10.7 Å². The number of nitrogens with one attached hydrogen (secondary N) is 1. The van der Waals surface area contributed by atoms with Crippen LogP contribution >= 0.6 is 11.6 Å². The SMILES string of the molecule is Cc1cccc(C)c1NC(=O)[C@@H](C)OC(=O)c1c(C)nn(-c2ccccc2)c1Cl. The fraction of sp³-hybridized carbons (Fsp3) is 0.227. The third-order valence-corrected chi connectivity index (χ3v) is 4.94. The minimum Gasteiger partial charge on any atom is -0.449 e. The number of aromatic nitrogens is 2. The molecule has 0 radical (unpaired) electrons. The number of amides is 1. The van der Waals surface area contributed by atoms with Crippen molar-refractivity contribution in [2.24, 2.45) is 0 Å². The number of nitrogens with zero attached hydrogens (tertiary/aromatic N) is 2. The molecule has 1 aromatic heterocycles. The minimum absolute atomic E-state index is 0.140. The first-order valence-corrected chi connectivity index (χ1v) is 9.56. The van der Waals surface area contributed by atoms with E-state index < -0.39 is 18.0 Å². The molecule has 1 amide bonds. The van der Waals surface area contributed by atoms with Gasteiger partial charge in [0.15, 0.2) is 6.10 Å². The Kier molecular flexibility index (Phi) is 6.03. The van der Waals surface area contributed by atoms with Crippen molar-refractivity contribution in [2.75, 3.05) is 5.32 Å². The number of hydrogen-bond donors (Lipinski definition) is 1. The standard InChI is InChI=1S/C22H22ClN3O3/c1-13-9-8-10-14(2)19(13)24-21(27)16(4)29-22(28)18-15(3)25-26(20(18)23)17-11-6-5-7-12-17/h5-12,16H,1-4H3,(H,24,27)/t16-/m1/s1. The highest BCUT2D eigenvalue weighted by atomic mass is 35.5. The van der Waals surface area contributed by atoms with Crippen molar-refractivity contribution in [2.45, 2.75) is 33.8 Å². The maximum Gasteiger partial charge on any atom is 0.344 e. The third-order valence-electron chi connectivity index (χ3n) is 4.59. The van der Waals surface area contributed by atoms with Crippen molar-refractivity contribution >= 4 is 29.2 Å². The average Bonchev–Trinajstić information content (AvgIpc) is 2.99. The van der Waals surface area contributed by atoms with Gasteiger partial charge in [0.2, 0.25) is 0 Å². The molecule has 3 aromatic rings. The van der Waals surface area contributed by atoms with E-state index in [1.807, 2.05) is 62.4 Å². The molecule has 0 aliphatic heterocycles.